The zero-order valence-corrected chi connectivity index (χ0v) is 10.9. The highest BCUT2D eigenvalue weighted by Gasteiger charge is 2.13. The first-order valence-corrected chi connectivity index (χ1v) is 5.90. The van der Waals surface area contributed by atoms with Crippen LogP contribution in [-0.4, -0.2) is 9.97 Å². The second-order valence-electron chi connectivity index (χ2n) is 5.18. The minimum absolute atomic E-state index is 0.246. The topological polar surface area (TPSA) is 28.7 Å². The van der Waals surface area contributed by atoms with Crippen LogP contribution in [0.2, 0.25) is 0 Å². The molecule has 1 aromatic rings. The number of nitrogens with zero attached hydrogens (tertiary/aromatic N) is 1. The largest absolute Gasteiger partial charge is 0.347 e. The first-order chi connectivity index (χ1) is 6.90. The van der Waals surface area contributed by atoms with Gasteiger partial charge in [-0.25, -0.2) is 4.98 Å². The summed E-state index contributed by atoms with van der Waals surface area (Å²) in [4.78, 5) is 7.73. The van der Waals surface area contributed by atoms with E-state index in [0.717, 1.165) is 25.1 Å². The van der Waals surface area contributed by atoms with E-state index in [0.29, 0.717) is 4.64 Å². The van der Waals surface area contributed by atoms with E-state index >= 15 is 0 Å². The van der Waals surface area contributed by atoms with Gasteiger partial charge in [0.15, 0.2) is 0 Å². The van der Waals surface area contributed by atoms with Crippen molar-refractivity contribution in [2.24, 2.45) is 5.41 Å². The van der Waals surface area contributed by atoms with Gasteiger partial charge in [-0.1, -0.05) is 46.3 Å². The summed E-state index contributed by atoms with van der Waals surface area (Å²) in [5, 5.41) is 0. The van der Waals surface area contributed by atoms with Crippen LogP contribution >= 0.6 is 12.2 Å². The number of aromatic amines is 1. The van der Waals surface area contributed by atoms with Gasteiger partial charge >= 0.3 is 0 Å². The maximum Gasteiger partial charge on any atom is 0.129 e. The highest BCUT2D eigenvalue weighted by Crippen LogP contribution is 2.18. The number of H-pyrrole nitrogens is 1. The van der Waals surface area contributed by atoms with Gasteiger partial charge in [-0.15, -0.1) is 0 Å². The summed E-state index contributed by atoms with van der Waals surface area (Å²) in [6, 6.07) is 1.96. The van der Waals surface area contributed by atoms with Crippen molar-refractivity contribution in [1.29, 1.82) is 0 Å². The Balaban J connectivity index is 2.94. The molecule has 15 heavy (non-hydrogen) atoms. The predicted octanol–water partition coefficient (Wildman–Crippen LogP) is 3.68. The second-order valence-corrected chi connectivity index (χ2v) is 5.60. The average Bonchev–Trinajstić information content (AvgIpc) is 1.99. The minimum Gasteiger partial charge on any atom is -0.347 e. The lowest BCUT2D eigenvalue weighted by atomic mass is 9.92. The third kappa shape index (κ3) is 4.56. The van der Waals surface area contributed by atoms with E-state index in [-0.39, 0.29) is 5.41 Å². The van der Waals surface area contributed by atoms with Gasteiger partial charge in [-0.2, -0.15) is 0 Å². The summed E-state index contributed by atoms with van der Waals surface area (Å²) in [5.41, 5.74) is 1.45. The summed E-state index contributed by atoms with van der Waals surface area (Å²) >= 11 is 5.16. The fourth-order valence-corrected chi connectivity index (χ4v) is 1.81. The fourth-order valence-electron chi connectivity index (χ4n) is 1.55. The third-order valence-electron chi connectivity index (χ3n) is 2.06. The quantitative estimate of drug-likeness (QED) is 0.793. The van der Waals surface area contributed by atoms with E-state index < -0.39 is 0 Å². The van der Waals surface area contributed by atoms with Crippen LogP contribution in [0.15, 0.2) is 6.07 Å². The zero-order valence-electron chi connectivity index (χ0n) is 10.1. The van der Waals surface area contributed by atoms with Crippen molar-refractivity contribution in [1.82, 2.24) is 9.97 Å². The van der Waals surface area contributed by atoms with Crippen molar-refractivity contribution in [2.75, 3.05) is 0 Å². The molecule has 84 valence electrons. The van der Waals surface area contributed by atoms with Gasteiger partial charge in [0.05, 0.1) is 0 Å². The van der Waals surface area contributed by atoms with Gasteiger partial charge < -0.3 is 4.98 Å². The lowest BCUT2D eigenvalue weighted by molar-refractivity contribution is 0.399. The number of aromatic nitrogens is 2. The SMILES string of the molecule is CCCc1cc(=S)nc(CC(C)(C)C)[nH]1. The van der Waals surface area contributed by atoms with E-state index in [4.69, 9.17) is 12.2 Å². The third-order valence-corrected chi connectivity index (χ3v) is 2.27. The summed E-state index contributed by atoms with van der Waals surface area (Å²) in [6.45, 7) is 8.79. The van der Waals surface area contributed by atoms with Crippen molar-refractivity contribution in [3.8, 4) is 0 Å². The molecule has 1 N–H and O–H groups in total. The molecular weight excluding hydrogens is 204 g/mol. The van der Waals surface area contributed by atoms with Crippen LogP contribution in [0, 0.1) is 10.1 Å². The van der Waals surface area contributed by atoms with Crippen molar-refractivity contribution in [3.63, 3.8) is 0 Å². The van der Waals surface area contributed by atoms with Gasteiger partial charge in [0.1, 0.15) is 10.5 Å². The molecule has 1 aromatic heterocycles. The molecule has 0 aliphatic heterocycles. The molecule has 0 atom stereocenters. The standard InChI is InChI=1S/C12H20N2S/c1-5-6-9-7-11(15)14-10(13-9)8-12(2,3)4/h7H,5-6,8H2,1-4H3,(H,13,14,15). The van der Waals surface area contributed by atoms with Crippen LogP contribution in [0.25, 0.3) is 0 Å². The molecule has 2 nitrogen and oxygen atoms in total. The number of rotatable bonds is 3. The van der Waals surface area contributed by atoms with Crippen LogP contribution in [0.5, 0.6) is 0 Å². The maximum atomic E-state index is 5.16. The molecule has 0 saturated heterocycles. The Morgan fingerprint density at radius 1 is 1.40 bits per heavy atom. The highest BCUT2D eigenvalue weighted by molar-refractivity contribution is 7.71. The molecule has 0 saturated carbocycles. The normalized spacial score (nSPS) is 11.7. The molecule has 1 rings (SSSR count). The Bertz CT molecular complexity index is 374. The monoisotopic (exact) mass is 224 g/mol. The summed E-state index contributed by atoms with van der Waals surface area (Å²) in [7, 11) is 0. The molecule has 0 aliphatic rings. The second kappa shape index (κ2) is 4.88. The summed E-state index contributed by atoms with van der Waals surface area (Å²) < 4.78 is 0.705. The molecule has 0 aliphatic carbocycles. The number of nitrogens with one attached hydrogen (secondary N) is 1. The first-order valence-electron chi connectivity index (χ1n) is 5.50. The Kier molecular flexibility index (Phi) is 4.03. The molecule has 0 radical (unpaired) electrons. The van der Waals surface area contributed by atoms with E-state index in [1.165, 1.54) is 5.69 Å². The average molecular weight is 224 g/mol. The van der Waals surface area contributed by atoms with E-state index in [1.54, 1.807) is 0 Å². The first kappa shape index (κ1) is 12.4. The Labute approximate surface area is 97.1 Å². The van der Waals surface area contributed by atoms with Crippen LogP contribution in [-0.2, 0) is 12.8 Å². The van der Waals surface area contributed by atoms with Gasteiger partial charge in [-0.3, -0.25) is 0 Å². The lowest BCUT2D eigenvalue weighted by Crippen LogP contribution is -2.13. The Hall–Kier alpha value is -0.700. The van der Waals surface area contributed by atoms with Gasteiger partial charge in [-0.05, 0) is 17.9 Å². The summed E-state index contributed by atoms with van der Waals surface area (Å²) in [5.74, 6) is 1.01. The smallest absolute Gasteiger partial charge is 0.129 e. The molecule has 3 heteroatoms. The zero-order chi connectivity index (χ0) is 11.5. The van der Waals surface area contributed by atoms with Crippen LogP contribution in [0.4, 0.5) is 0 Å². The van der Waals surface area contributed by atoms with Gasteiger partial charge in [0.2, 0.25) is 0 Å². The maximum absolute atomic E-state index is 5.16. The van der Waals surface area contributed by atoms with Gasteiger partial charge in [0, 0.05) is 12.1 Å². The molecule has 0 bridgehead atoms. The van der Waals surface area contributed by atoms with Crippen molar-refractivity contribution < 1.29 is 0 Å². The Morgan fingerprint density at radius 2 is 2.07 bits per heavy atom. The molecule has 0 spiro atoms. The van der Waals surface area contributed by atoms with Crippen LogP contribution < -0.4 is 0 Å². The summed E-state index contributed by atoms with van der Waals surface area (Å²) in [6.07, 6.45) is 3.11. The molecule has 0 fully saturated rings. The number of aryl methyl sites for hydroxylation is 1. The number of hydrogen-bond acceptors (Lipinski definition) is 2. The van der Waals surface area contributed by atoms with E-state index in [9.17, 15) is 0 Å². The minimum atomic E-state index is 0.246. The van der Waals surface area contributed by atoms with Crippen molar-refractivity contribution in [3.05, 3.63) is 22.2 Å². The van der Waals surface area contributed by atoms with Crippen LogP contribution in [0.1, 0.15) is 45.6 Å². The molecule has 1 heterocycles. The van der Waals surface area contributed by atoms with Crippen molar-refractivity contribution >= 4 is 12.2 Å². The van der Waals surface area contributed by atoms with Gasteiger partial charge in [0.25, 0.3) is 0 Å². The van der Waals surface area contributed by atoms with E-state index in [2.05, 4.69) is 37.7 Å². The van der Waals surface area contributed by atoms with Crippen molar-refractivity contribution in [2.45, 2.75) is 47.0 Å². The predicted molar refractivity (Wildman–Crippen MR) is 66.6 cm³/mol. The highest BCUT2D eigenvalue weighted by atomic mass is 32.1. The Morgan fingerprint density at radius 3 is 2.60 bits per heavy atom. The van der Waals surface area contributed by atoms with Crippen LogP contribution in [0.3, 0.4) is 0 Å². The molecule has 0 amide bonds. The lowest BCUT2D eigenvalue weighted by Gasteiger charge is -2.17. The number of hydrogen-bond donors (Lipinski definition) is 1. The molecule has 0 aromatic carbocycles. The molecular formula is C12H20N2S. The van der Waals surface area contributed by atoms with E-state index in [1.807, 2.05) is 6.07 Å². The molecule has 0 unspecified atom stereocenters. The fraction of sp³-hybridized carbons (Fsp3) is 0.667.